The number of nitrogens with one attached hydrogen (secondary N) is 1. The van der Waals surface area contributed by atoms with Crippen LogP contribution >= 0.6 is 34.8 Å². The number of phenols is 2. The maximum absolute atomic E-state index is 12.5. The molecule has 3 aromatic carbocycles. The largest absolute Gasteiger partial charge is 0.507 e. The molecule has 9 heteroatoms. The highest BCUT2D eigenvalue weighted by atomic mass is 35.5. The number of aromatic hydroxyl groups is 2. The van der Waals surface area contributed by atoms with Crippen molar-refractivity contribution in [1.29, 1.82) is 0 Å². The van der Waals surface area contributed by atoms with E-state index < -0.39 is 18.0 Å². The van der Waals surface area contributed by atoms with Crippen molar-refractivity contribution in [3.05, 3.63) is 63.1 Å². The Morgan fingerprint density at radius 1 is 0.966 bits per heavy atom. The van der Waals surface area contributed by atoms with Gasteiger partial charge in [0.2, 0.25) is 0 Å². The fourth-order valence-electron chi connectivity index (χ4n) is 2.63. The molecule has 29 heavy (non-hydrogen) atoms. The molecule has 0 fully saturated rings. The van der Waals surface area contributed by atoms with E-state index in [1.165, 1.54) is 19.1 Å². The molecule has 1 atom stereocenters. The summed E-state index contributed by atoms with van der Waals surface area (Å²) in [7, 11) is 0. The lowest BCUT2D eigenvalue weighted by Crippen LogP contribution is -2.30. The zero-order valence-electron chi connectivity index (χ0n) is 14.9. The smallest absolute Gasteiger partial charge is 0.342 e. The van der Waals surface area contributed by atoms with Gasteiger partial charge in [-0.05, 0) is 25.1 Å². The molecular weight excluding hydrogens is 441 g/mol. The SMILES string of the molecule is C[C@H](OC(=O)c1cc(O)c2ccccc2c1O)C(=O)Nc1cc(Cl)c(Cl)cc1Cl. The number of anilines is 1. The summed E-state index contributed by atoms with van der Waals surface area (Å²) in [4.78, 5) is 24.8. The van der Waals surface area contributed by atoms with Crippen LogP contribution in [-0.2, 0) is 9.53 Å². The molecular formula is C20H14Cl3NO5. The van der Waals surface area contributed by atoms with Crippen LogP contribution in [0.4, 0.5) is 5.69 Å². The molecule has 0 spiro atoms. The molecule has 1 amide bonds. The van der Waals surface area contributed by atoms with Gasteiger partial charge in [0, 0.05) is 10.8 Å². The number of amides is 1. The Kier molecular flexibility index (Phi) is 6.07. The minimum atomic E-state index is -1.24. The normalized spacial score (nSPS) is 11.9. The standard InChI is InChI=1S/C20H14Cl3NO5/c1-9(19(27)24-16-8-14(22)13(21)7-15(16)23)29-20(28)12-6-17(25)10-4-2-3-5-11(10)18(12)26/h2-9,25-26H,1H3,(H,24,27)/t9-/m0/s1. The molecule has 0 radical (unpaired) electrons. The van der Waals surface area contributed by atoms with Crippen LogP contribution in [0.15, 0.2) is 42.5 Å². The van der Waals surface area contributed by atoms with E-state index in [1.807, 2.05) is 0 Å². The predicted molar refractivity (Wildman–Crippen MR) is 112 cm³/mol. The average Bonchev–Trinajstić information content (AvgIpc) is 2.68. The first-order valence-corrected chi connectivity index (χ1v) is 9.42. The van der Waals surface area contributed by atoms with Crippen LogP contribution in [-0.4, -0.2) is 28.2 Å². The number of ether oxygens (including phenoxy) is 1. The quantitative estimate of drug-likeness (QED) is 0.279. The van der Waals surface area contributed by atoms with Crippen LogP contribution < -0.4 is 5.32 Å². The van der Waals surface area contributed by atoms with Crippen LogP contribution in [0.3, 0.4) is 0 Å². The third-order valence-corrected chi connectivity index (χ3v) is 5.17. The summed E-state index contributed by atoms with van der Waals surface area (Å²) >= 11 is 17.8. The van der Waals surface area contributed by atoms with E-state index in [0.717, 1.165) is 6.07 Å². The third kappa shape index (κ3) is 4.34. The van der Waals surface area contributed by atoms with Crippen molar-refractivity contribution in [2.45, 2.75) is 13.0 Å². The summed E-state index contributed by atoms with van der Waals surface area (Å²) in [6.07, 6.45) is -1.24. The lowest BCUT2D eigenvalue weighted by Gasteiger charge is -2.16. The molecule has 0 aliphatic heterocycles. The van der Waals surface area contributed by atoms with E-state index in [2.05, 4.69) is 5.32 Å². The van der Waals surface area contributed by atoms with Crippen molar-refractivity contribution >= 4 is 63.1 Å². The Bertz CT molecular complexity index is 1130. The molecule has 0 heterocycles. The van der Waals surface area contributed by atoms with Crippen molar-refractivity contribution in [3.8, 4) is 11.5 Å². The minimum absolute atomic E-state index is 0.156. The maximum atomic E-state index is 12.5. The van der Waals surface area contributed by atoms with Crippen LogP contribution in [0.25, 0.3) is 10.8 Å². The highest BCUT2D eigenvalue weighted by Gasteiger charge is 2.24. The first-order valence-electron chi connectivity index (χ1n) is 8.29. The lowest BCUT2D eigenvalue weighted by molar-refractivity contribution is -0.123. The lowest BCUT2D eigenvalue weighted by atomic mass is 10.0. The van der Waals surface area contributed by atoms with Gasteiger partial charge in [-0.15, -0.1) is 0 Å². The zero-order chi connectivity index (χ0) is 21.3. The fourth-order valence-corrected chi connectivity index (χ4v) is 3.22. The molecule has 0 aliphatic rings. The summed E-state index contributed by atoms with van der Waals surface area (Å²) in [6, 6.07) is 10.3. The van der Waals surface area contributed by atoms with Gasteiger partial charge in [0.25, 0.3) is 5.91 Å². The number of esters is 1. The monoisotopic (exact) mass is 453 g/mol. The fraction of sp³-hybridized carbons (Fsp3) is 0.100. The molecule has 0 bridgehead atoms. The van der Waals surface area contributed by atoms with Crippen molar-refractivity contribution in [2.24, 2.45) is 0 Å². The Morgan fingerprint density at radius 2 is 1.59 bits per heavy atom. The topological polar surface area (TPSA) is 95.9 Å². The summed E-state index contributed by atoms with van der Waals surface area (Å²) < 4.78 is 5.12. The molecule has 6 nitrogen and oxygen atoms in total. The summed E-state index contributed by atoms with van der Waals surface area (Å²) in [5, 5.41) is 24.2. The van der Waals surface area contributed by atoms with Gasteiger partial charge < -0.3 is 20.3 Å². The van der Waals surface area contributed by atoms with E-state index in [4.69, 9.17) is 39.5 Å². The van der Waals surface area contributed by atoms with Crippen molar-refractivity contribution in [3.63, 3.8) is 0 Å². The number of benzene rings is 3. The Morgan fingerprint density at radius 3 is 2.28 bits per heavy atom. The molecule has 3 aromatic rings. The summed E-state index contributed by atoms with van der Waals surface area (Å²) in [5.41, 5.74) is -0.0754. The second-order valence-electron chi connectivity index (χ2n) is 6.12. The summed E-state index contributed by atoms with van der Waals surface area (Å²) in [5.74, 6) is -2.22. The van der Waals surface area contributed by atoms with E-state index in [-0.39, 0.29) is 43.2 Å². The predicted octanol–water partition coefficient (Wildman–Crippen LogP) is 5.40. The zero-order valence-corrected chi connectivity index (χ0v) is 17.1. The highest BCUT2D eigenvalue weighted by molar-refractivity contribution is 6.44. The van der Waals surface area contributed by atoms with Gasteiger partial charge in [0.15, 0.2) is 6.10 Å². The number of fused-ring (bicyclic) bond motifs is 1. The third-order valence-electron chi connectivity index (χ3n) is 4.14. The average molecular weight is 455 g/mol. The number of carbonyl (C=O) groups is 2. The Hall–Kier alpha value is -2.67. The number of hydrogen-bond acceptors (Lipinski definition) is 5. The van der Waals surface area contributed by atoms with Crippen LogP contribution in [0, 0.1) is 0 Å². The van der Waals surface area contributed by atoms with Crippen molar-refractivity contribution < 1.29 is 24.5 Å². The van der Waals surface area contributed by atoms with Gasteiger partial charge in [-0.3, -0.25) is 4.79 Å². The number of rotatable bonds is 4. The number of halogens is 3. The van der Waals surface area contributed by atoms with Gasteiger partial charge in [0.1, 0.15) is 17.1 Å². The van der Waals surface area contributed by atoms with E-state index in [9.17, 15) is 19.8 Å². The van der Waals surface area contributed by atoms with Gasteiger partial charge in [-0.2, -0.15) is 0 Å². The maximum Gasteiger partial charge on any atom is 0.342 e. The molecule has 0 saturated carbocycles. The van der Waals surface area contributed by atoms with Crippen LogP contribution in [0.5, 0.6) is 11.5 Å². The molecule has 3 rings (SSSR count). The first-order chi connectivity index (χ1) is 13.7. The number of hydrogen-bond donors (Lipinski definition) is 3. The summed E-state index contributed by atoms with van der Waals surface area (Å²) in [6.45, 7) is 1.34. The second-order valence-corrected chi connectivity index (χ2v) is 7.34. The van der Waals surface area contributed by atoms with Gasteiger partial charge >= 0.3 is 5.97 Å². The van der Waals surface area contributed by atoms with Crippen molar-refractivity contribution in [1.82, 2.24) is 0 Å². The van der Waals surface area contributed by atoms with E-state index in [0.29, 0.717) is 5.39 Å². The van der Waals surface area contributed by atoms with Crippen LogP contribution in [0.2, 0.25) is 15.1 Å². The first kappa shape index (κ1) is 21.0. The van der Waals surface area contributed by atoms with Crippen molar-refractivity contribution in [2.75, 3.05) is 5.32 Å². The highest BCUT2D eigenvalue weighted by Crippen LogP contribution is 2.36. The van der Waals surface area contributed by atoms with E-state index in [1.54, 1.807) is 24.3 Å². The molecule has 0 unspecified atom stereocenters. The molecule has 3 N–H and O–H groups in total. The molecule has 150 valence electrons. The van der Waals surface area contributed by atoms with Gasteiger partial charge in [-0.25, -0.2) is 4.79 Å². The molecule has 0 aliphatic carbocycles. The van der Waals surface area contributed by atoms with Gasteiger partial charge in [-0.1, -0.05) is 59.1 Å². The minimum Gasteiger partial charge on any atom is -0.507 e. The van der Waals surface area contributed by atoms with E-state index >= 15 is 0 Å². The van der Waals surface area contributed by atoms with Crippen LogP contribution in [0.1, 0.15) is 17.3 Å². The Labute approximate surface area is 180 Å². The Balaban J connectivity index is 1.79. The number of phenolic OH excluding ortho intramolecular Hbond substituents is 2. The number of carbonyl (C=O) groups excluding carboxylic acids is 2. The molecule has 0 saturated heterocycles. The van der Waals surface area contributed by atoms with Gasteiger partial charge in [0.05, 0.1) is 20.8 Å². The second kappa shape index (κ2) is 8.37. The molecule has 0 aromatic heterocycles.